The molecule has 1 fully saturated rings. The number of pyridine rings is 1. The molecule has 1 N–H and O–H groups in total. The normalized spacial score (nSPS) is 16.3. The van der Waals surface area contributed by atoms with E-state index < -0.39 is 0 Å². The summed E-state index contributed by atoms with van der Waals surface area (Å²) in [6.07, 6.45) is 3.56. The first-order valence-electron chi connectivity index (χ1n) is 5.53. The smallest absolute Gasteiger partial charge is 0.138 e. The van der Waals surface area contributed by atoms with Crippen LogP contribution in [-0.2, 0) is 0 Å². The molecule has 1 saturated carbocycles. The van der Waals surface area contributed by atoms with Crippen LogP contribution < -0.4 is 0 Å². The molecule has 1 aliphatic carbocycles. The quantitative estimate of drug-likeness (QED) is 0.856. The molecule has 1 aromatic heterocycles. The van der Waals surface area contributed by atoms with Crippen molar-refractivity contribution in [1.82, 2.24) is 4.98 Å². The molecular weight excluding hydrogens is 266 g/mol. The minimum atomic E-state index is 0.347. The van der Waals surface area contributed by atoms with Gasteiger partial charge in [0.05, 0.1) is 11.2 Å². The highest BCUT2D eigenvalue weighted by Gasteiger charge is 2.24. The van der Waals surface area contributed by atoms with Gasteiger partial charge in [-0.2, -0.15) is 0 Å². The maximum atomic E-state index is 9.94. The van der Waals surface area contributed by atoms with E-state index in [4.69, 9.17) is 0 Å². The summed E-state index contributed by atoms with van der Waals surface area (Å²) in [4.78, 5) is 4.58. The van der Waals surface area contributed by atoms with Crippen molar-refractivity contribution in [3.63, 3.8) is 0 Å². The van der Waals surface area contributed by atoms with E-state index in [0.717, 1.165) is 33.9 Å². The standard InChI is InChI=1S/C13H12BrNO/c14-10-5-4-9-6-12(16)13(8-2-1-3-8)15-11(9)7-10/h4-8,16H,1-3H2. The highest BCUT2D eigenvalue weighted by atomic mass is 79.9. The van der Waals surface area contributed by atoms with Gasteiger partial charge in [-0.25, -0.2) is 4.98 Å². The van der Waals surface area contributed by atoms with Gasteiger partial charge >= 0.3 is 0 Å². The van der Waals surface area contributed by atoms with Gasteiger partial charge in [-0.15, -0.1) is 0 Å². The predicted octanol–water partition coefficient (Wildman–Crippen LogP) is 3.97. The van der Waals surface area contributed by atoms with Gasteiger partial charge in [-0.3, -0.25) is 0 Å². The number of benzene rings is 1. The monoisotopic (exact) mass is 277 g/mol. The largest absolute Gasteiger partial charge is 0.506 e. The number of rotatable bonds is 1. The molecule has 82 valence electrons. The van der Waals surface area contributed by atoms with E-state index in [0.29, 0.717) is 11.7 Å². The summed E-state index contributed by atoms with van der Waals surface area (Å²) in [5, 5.41) is 10.9. The molecule has 1 heterocycles. The minimum absolute atomic E-state index is 0.347. The Balaban J connectivity index is 2.18. The molecule has 0 amide bonds. The number of nitrogens with zero attached hydrogens (tertiary/aromatic N) is 1. The van der Waals surface area contributed by atoms with Crippen molar-refractivity contribution < 1.29 is 5.11 Å². The third-order valence-electron chi connectivity index (χ3n) is 3.28. The highest BCUT2D eigenvalue weighted by molar-refractivity contribution is 9.10. The van der Waals surface area contributed by atoms with Crippen molar-refractivity contribution in [1.29, 1.82) is 0 Å². The van der Waals surface area contributed by atoms with Crippen molar-refractivity contribution in [3.8, 4) is 5.75 Å². The molecule has 0 spiro atoms. The molecule has 3 heteroatoms. The van der Waals surface area contributed by atoms with Gasteiger partial charge in [-0.05, 0) is 31.0 Å². The van der Waals surface area contributed by atoms with Gasteiger partial charge in [0, 0.05) is 15.8 Å². The molecule has 0 unspecified atom stereocenters. The first-order chi connectivity index (χ1) is 7.74. The Bertz CT molecular complexity index is 549. The molecular formula is C13H12BrNO. The Morgan fingerprint density at radius 2 is 2.06 bits per heavy atom. The van der Waals surface area contributed by atoms with Crippen molar-refractivity contribution in [2.75, 3.05) is 0 Å². The van der Waals surface area contributed by atoms with Crippen LogP contribution in [0.25, 0.3) is 10.9 Å². The van der Waals surface area contributed by atoms with Gasteiger partial charge in [0.1, 0.15) is 5.75 Å². The van der Waals surface area contributed by atoms with Crippen LogP contribution in [0.1, 0.15) is 30.9 Å². The SMILES string of the molecule is Oc1cc2ccc(Br)cc2nc1C1CCC1. The number of hydrogen-bond donors (Lipinski definition) is 1. The van der Waals surface area contributed by atoms with Crippen LogP contribution in [0.5, 0.6) is 5.75 Å². The lowest BCUT2D eigenvalue weighted by molar-refractivity contribution is 0.385. The molecule has 0 atom stereocenters. The van der Waals surface area contributed by atoms with Crippen LogP contribution >= 0.6 is 15.9 Å². The summed E-state index contributed by atoms with van der Waals surface area (Å²) in [6, 6.07) is 7.75. The highest BCUT2D eigenvalue weighted by Crippen LogP contribution is 2.40. The second-order valence-electron chi connectivity index (χ2n) is 4.36. The lowest BCUT2D eigenvalue weighted by atomic mass is 9.82. The van der Waals surface area contributed by atoms with Crippen LogP contribution in [0.4, 0.5) is 0 Å². The third kappa shape index (κ3) is 1.59. The van der Waals surface area contributed by atoms with Crippen molar-refractivity contribution in [2.45, 2.75) is 25.2 Å². The molecule has 2 aromatic rings. The number of fused-ring (bicyclic) bond motifs is 1. The van der Waals surface area contributed by atoms with Gasteiger partial charge in [0.2, 0.25) is 0 Å². The Morgan fingerprint density at radius 1 is 1.25 bits per heavy atom. The van der Waals surface area contributed by atoms with Crippen LogP contribution in [0, 0.1) is 0 Å². The molecule has 1 aromatic carbocycles. The Kier molecular flexibility index (Phi) is 2.36. The lowest BCUT2D eigenvalue weighted by Crippen LogP contribution is -2.10. The first-order valence-corrected chi connectivity index (χ1v) is 6.32. The number of halogens is 1. The van der Waals surface area contributed by atoms with E-state index in [2.05, 4.69) is 20.9 Å². The lowest BCUT2D eigenvalue weighted by Gasteiger charge is -2.25. The first kappa shape index (κ1) is 10.1. The third-order valence-corrected chi connectivity index (χ3v) is 3.77. The summed E-state index contributed by atoms with van der Waals surface area (Å²) in [7, 11) is 0. The van der Waals surface area contributed by atoms with Crippen LogP contribution in [0.15, 0.2) is 28.7 Å². The number of aromatic nitrogens is 1. The summed E-state index contributed by atoms with van der Waals surface area (Å²) < 4.78 is 1.03. The number of aromatic hydroxyl groups is 1. The fourth-order valence-corrected chi connectivity index (χ4v) is 2.48. The summed E-state index contributed by atoms with van der Waals surface area (Å²) in [5.74, 6) is 0.808. The fourth-order valence-electron chi connectivity index (χ4n) is 2.13. The predicted molar refractivity (Wildman–Crippen MR) is 67.7 cm³/mol. The zero-order chi connectivity index (χ0) is 11.1. The average molecular weight is 278 g/mol. The van der Waals surface area contributed by atoms with Crippen molar-refractivity contribution >= 4 is 26.8 Å². The molecule has 0 radical (unpaired) electrons. The Labute approximate surface area is 102 Å². The maximum Gasteiger partial charge on any atom is 0.138 e. The van der Waals surface area contributed by atoms with E-state index in [1.54, 1.807) is 0 Å². The van der Waals surface area contributed by atoms with Crippen LogP contribution in [-0.4, -0.2) is 10.1 Å². The van der Waals surface area contributed by atoms with Crippen LogP contribution in [0.2, 0.25) is 0 Å². The average Bonchev–Trinajstić information content (AvgIpc) is 2.17. The molecule has 0 aliphatic heterocycles. The zero-order valence-corrected chi connectivity index (χ0v) is 10.4. The Morgan fingerprint density at radius 3 is 2.75 bits per heavy atom. The summed E-state index contributed by atoms with van der Waals surface area (Å²) in [6.45, 7) is 0. The molecule has 1 aliphatic rings. The van der Waals surface area contributed by atoms with Gasteiger partial charge < -0.3 is 5.11 Å². The molecule has 3 rings (SSSR count). The van der Waals surface area contributed by atoms with Crippen molar-refractivity contribution in [3.05, 3.63) is 34.4 Å². The minimum Gasteiger partial charge on any atom is -0.506 e. The number of hydrogen-bond acceptors (Lipinski definition) is 2. The molecule has 2 nitrogen and oxygen atoms in total. The van der Waals surface area contributed by atoms with E-state index in [1.807, 2.05) is 24.3 Å². The van der Waals surface area contributed by atoms with E-state index >= 15 is 0 Å². The van der Waals surface area contributed by atoms with E-state index in [9.17, 15) is 5.11 Å². The second-order valence-corrected chi connectivity index (χ2v) is 5.27. The topological polar surface area (TPSA) is 33.1 Å². The summed E-state index contributed by atoms with van der Waals surface area (Å²) >= 11 is 3.44. The Hall–Kier alpha value is -1.09. The van der Waals surface area contributed by atoms with E-state index in [1.165, 1.54) is 6.42 Å². The van der Waals surface area contributed by atoms with E-state index in [-0.39, 0.29) is 0 Å². The van der Waals surface area contributed by atoms with Crippen LogP contribution in [0.3, 0.4) is 0 Å². The molecule has 0 bridgehead atoms. The van der Waals surface area contributed by atoms with Gasteiger partial charge in [0.25, 0.3) is 0 Å². The van der Waals surface area contributed by atoms with Gasteiger partial charge in [0.15, 0.2) is 0 Å². The molecule has 0 saturated heterocycles. The van der Waals surface area contributed by atoms with Crippen molar-refractivity contribution in [2.24, 2.45) is 0 Å². The maximum absolute atomic E-state index is 9.94. The second kappa shape index (κ2) is 3.74. The fraction of sp³-hybridized carbons (Fsp3) is 0.308. The molecule has 16 heavy (non-hydrogen) atoms. The van der Waals surface area contributed by atoms with Gasteiger partial charge in [-0.1, -0.05) is 28.4 Å². The zero-order valence-electron chi connectivity index (χ0n) is 8.78. The summed E-state index contributed by atoms with van der Waals surface area (Å²) in [5.41, 5.74) is 1.82.